The maximum atomic E-state index is 12.5. The van der Waals surface area contributed by atoms with Crippen molar-refractivity contribution in [3.63, 3.8) is 0 Å². The predicted octanol–water partition coefficient (Wildman–Crippen LogP) is 3.01. The first-order chi connectivity index (χ1) is 9.47. The van der Waals surface area contributed by atoms with Crippen molar-refractivity contribution in [1.29, 1.82) is 0 Å². The van der Waals surface area contributed by atoms with Crippen LogP contribution in [0, 0.1) is 24.7 Å². The second-order valence-corrected chi connectivity index (χ2v) is 6.60. The van der Waals surface area contributed by atoms with Gasteiger partial charge in [0.05, 0.1) is 11.6 Å². The van der Waals surface area contributed by atoms with Gasteiger partial charge in [-0.1, -0.05) is 23.2 Å². The zero-order chi connectivity index (χ0) is 14.4. The Morgan fingerprint density at radius 1 is 1.40 bits per heavy atom. The Balaban J connectivity index is 1.80. The number of amides is 1. The molecular formula is C14H17Cl2N3O. The van der Waals surface area contributed by atoms with Gasteiger partial charge in [-0.2, -0.15) is 0 Å². The number of anilines is 1. The minimum Gasteiger partial charge on any atom is -0.327 e. The molecule has 3 N–H and O–H groups in total. The van der Waals surface area contributed by atoms with Gasteiger partial charge >= 0.3 is 0 Å². The standard InChI is InChI=1S/C14H17Cl2N3O/c1-6-4-9(15)18-13(16)12(6)19-14(20)10-7-2-3-8(5-7)11(10)17/h4,7-8,10-11H,2-3,5,17H2,1H3,(H,19,20). The molecule has 4 nitrogen and oxygen atoms in total. The first-order valence-corrected chi connectivity index (χ1v) is 7.62. The lowest BCUT2D eigenvalue weighted by molar-refractivity contribution is -0.121. The fraction of sp³-hybridized carbons (Fsp3) is 0.571. The second kappa shape index (κ2) is 5.17. The van der Waals surface area contributed by atoms with Crippen LogP contribution in [0.3, 0.4) is 0 Å². The number of nitrogens with one attached hydrogen (secondary N) is 1. The molecule has 2 bridgehead atoms. The van der Waals surface area contributed by atoms with E-state index in [9.17, 15) is 4.79 Å². The van der Waals surface area contributed by atoms with Crippen molar-refractivity contribution in [3.8, 4) is 0 Å². The van der Waals surface area contributed by atoms with Gasteiger partial charge in [0.2, 0.25) is 5.91 Å². The molecule has 108 valence electrons. The molecular weight excluding hydrogens is 297 g/mol. The van der Waals surface area contributed by atoms with Crippen molar-refractivity contribution in [3.05, 3.63) is 21.9 Å². The van der Waals surface area contributed by atoms with Crippen LogP contribution >= 0.6 is 23.2 Å². The molecule has 0 saturated heterocycles. The highest BCUT2D eigenvalue weighted by atomic mass is 35.5. The lowest BCUT2D eigenvalue weighted by atomic mass is 9.84. The number of pyridine rings is 1. The number of carbonyl (C=O) groups excluding carboxylic acids is 1. The van der Waals surface area contributed by atoms with E-state index in [1.165, 1.54) is 0 Å². The first-order valence-electron chi connectivity index (χ1n) is 6.86. The molecule has 1 heterocycles. The van der Waals surface area contributed by atoms with E-state index in [4.69, 9.17) is 28.9 Å². The van der Waals surface area contributed by atoms with Gasteiger partial charge in [0.15, 0.2) is 5.15 Å². The molecule has 6 heteroatoms. The summed E-state index contributed by atoms with van der Waals surface area (Å²) in [5, 5.41) is 3.43. The molecule has 4 atom stereocenters. The van der Waals surface area contributed by atoms with Gasteiger partial charge in [0, 0.05) is 6.04 Å². The van der Waals surface area contributed by atoms with Crippen LogP contribution in [0.5, 0.6) is 0 Å². The predicted molar refractivity (Wildman–Crippen MR) is 79.9 cm³/mol. The quantitative estimate of drug-likeness (QED) is 0.825. The summed E-state index contributed by atoms with van der Waals surface area (Å²) < 4.78 is 0. The monoisotopic (exact) mass is 313 g/mol. The van der Waals surface area contributed by atoms with Crippen LogP contribution in [-0.4, -0.2) is 16.9 Å². The van der Waals surface area contributed by atoms with E-state index in [0.717, 1.165) is 24.8 Å². The van der Waals surface area contributed by atoms with Crippen molar-refractivity contribution in [2.75, 3.05) is 5.32 Å². The molecule has 0 radical (unpaired) electrons. The summed E-state index contributed by atoms with van der Waals surface area (Å²) >= 11 is 11.9. The number of fused-ring (bicyclic) bond motifs is 2. The third-order valence-corrected chi connectivity index (χ3v) is 5.14. The van der Waals surface area contributed by atoms with E-state index in [0.29, 0.717) is 22.7 Å². The Morgan fingerprint density at radius 2 is 2.10 bits per heavy atom. The second-order valence-electron chi connectivity index (χ2n) is 5.85. The maximum absolute atomic E-state index is 12.5. The van der Waals surface area contributed by atoms with Crippen molar-refractivity contribution >= 4 is 34.8 Å². The fourth-order valence-electron chi connectivity index (χ4n) is 3.68. The lowest BCUT2D eigenvalue weighted by Gasteiger charge is -2.27. The van der Waals surface area contributed by atoms with Crippen LogP contribution in [0.1, 0.15) is 24.8 Å². The third kappa shape index (κ3) is 2.30. The van der Waals surface area contributed by atoms with E-state index in [2.05, 4.69) is 10.3 Å². The summed E-state index contributed by atoms with van der Waals surface area (Å²) in [5.41, 5.74) is 7.53. The van der Waals surface area contributed by atoms with Crippen LogP contribution in [-0.2, 0) is 4.79 Å². The van der Waals surface area contributed by atoms with Crippen LogP contribution in [0.4, 0.5) is 5.69 Å². The van der Waals surface area contributed by atoms with E-state index in [1.807, 2.05) is 6.92 Å². The number of nitrogens with two attached hydrogens (primary N) is 1. The minimum absolute atomic E-state index is 0.0342. The average Bonchev–Trinajstić information content (AvgIpc) is 2.94. The average molecular weight is 314 g/mol. The Hall–Kier alpha value is -0.840. The molecule has 2 saturated carbocycles. The topological polar surface area (TPSA) is 68.0 Å². The summed E-state index contributed by atoms with van der Waals surface area (Å²) in [6, 6.07) is 1.65. The first kappa shape index (κ1) is 14.1. The van der Waals surface area contributed by atoms with Crippen molar-refractivity contribution < 1.29 is 4.79 Å². The number of hydrogen-bond acceptors (Lipinski definition) is 3. The highest BCUT2D eigenvalue weighted by Gasteiger charge is 2.49. The highest BCUT2D eigenvalue weighted by molar-refractivity contribution is 6.34. The summed E-state index contributed by atoms with van der Waals surface area (Å²) in [6.45, 7) is 1.84. The maximum Gasteiger partial charge on any atom is 0.229 e. The summed E-state index contributed by atoms with van der Waals surface area (Å²) in [7, 11) is 0. The number of halogens is 2. The van der Waals surface area contributed by atoms with E-state index >= 15 is 0 Å². The SMILES string of the molecule is Cc1cc(Cl)nc(Cl)c1NC(=O)C1C2CCC(C2)C1N. The Labute approximate surface area is 128 Å². The number of hydrogen-bond donors (Lipinski definition) is 2. The van der Waals surface area contributed by atoms with Gasteiger partial charge in [0.25, 0.3) is 0 Å². The smallest absolute Gasteiger partial charge is 0.229 e. The molecule has 0 aromatic carbocycles. The molecule has 1 aromatic rings. The zero-order valence-corrected chi connectivity index (χ0v) is 12.7. The van der Waals surface area contributed by atoms with E-state index < -0.39 is 0 Å². The van der Waals surface area contributed by atoms with Gasteiger partial charge in [-0.25, -0.2) is 4.98 Å². The summed E-state index contributed by atoms with van der Waals surface area (Å²) in [4.78, 5) is 16.5. The Kier molecular flexibility index (Phi) is 3.65. The molecule has 0 spiro atoms. The third-order valence-electron chi connectivity index (χ3n) is 4.67. The molecule has 3 rings (SSSR count). The van der Waals surface area contributed by atoms with Crippen LogP contribution < -0.4 is 11.1 Å². The Bertz CT molecular complexity index is 538. The lowest BCUT2D eigenvalue weighted by Crippen LogP contribution is -2.42. The van der Waals surface area contributed by atoms with Crippen molar-refractivity contribution in [1.82, 2.24) is 4.98 Å². The van der Waals surface area contributed by atoms with Gasteiger partial charge in [-0.3, -0.25) is 4.79 Å². The number of aryl methyl sites for hydroxylation is 1. The van der Waals surface area contributed by atoms with Gasteiger partial charge < -0.3 is 11.1 Å². The molecule has 4 unspecified atom stereocenters. The van der Waals surface area contributed by atoms with E-state index in [-0.39, 0.29) is 23.0 Å². The number of carbonyl (C=O) groups is 1. The number of aromatic nitrogens is 1. The molecule has 0 aliphatic heterocycles. The molecule has 1 amide bonds. The molecule has 2 fully saturated rings. The number of nitrogens with zero attached hydrogens (tertiary/aromatic N) is 1. The normalized spacial score (nSPS) is 31.6. The van der Waals surface area contributed by atoms with Gasteiger partial charge in [-0.15, -0.1) is 0 Å². The number of rotatable bonds is 2. The Morgan fingerprint density at radius 3 is 2.70 bits per heavy atom. The summed E-state index contributed by atoms with van der Waals surface area (Å²) in [6.07, 6.45) is 3.32. The van der Waals surface area contributed by atoms with Crippen LogP contribution in [0.25, 0.3) is 0 Å². The largest absolute Gasteiger partial charge is 0.327 e. The van der Waals surface area contributed by atoms with Crippen molar-refractivity contribution in [2.45, 2.75) is 32.2 Å². The highest BCUT2D eigenvalue weighted by Crippen LogP contribution is 2.48. The van der Waals surface area contributed by atoms with Gasteiger partial charge in [-0.05, 0) is 49.7 Å². The fourth-order valence-corrected chi connectivity index (χ4v) is 4.26. The van der Waals surface area contributed by atoms with Crippen LogP contribution in [0.2, 0.25) is 10.3 Å². The molecule has 2 aliphatic rings. The minimum atomic E-state index is -0.111. The summed E-state index contributed by atoms with van der Waals surface area (Å²) in [5.74, 6) is 0.753. The van der Waals surface area contributed by atoms with Gasteiger partial charge in [0.1, 0.15) is 5.15 Å². The molecule has 2 aliphatic carbocycles. The van der Waals surface area contributed by atoms with E-state index in [1.54, 1.807) is 6.07 Å². The zero-order valence-electron chi connectivity index (χ0n) is 11.2. The van der Waals surface area contributed by atoms with Crippen LogP contribution in [0.15, 0.2) is 6.07 Å². The molecule has 1 aromatic heterocycles. The molecule has 20 heavy (non-hydrogen) atoms. The van der Waals surface area contributed by atoms with Crippen molar-refractivity contribution in [2.24, 2.45) is 23.5 Å².